The van der Waals surface area contributed by atoms with Gasteiger partial charge in [0, 0.05) is 6.61 Å². The van der Waals surface area contributed by atoms with E-state index in [9.17, 15) is 10.2 Å². The third-order valence-corrected chi connectivity index (χ3v) is 10.2. The maximum atomic E-state index is 11.0. The molecule has 0 aliphatic rings. The van der Waals surface area contributed by atoms with Crippen LogP contribution >= 0.6 is 0 Å². The summed E-state index contributed by atoms with van der Waals surface area (Å²) in [6.45, 7) is 11.7. The Morgan fingerprint density at radius 3 is 2.00 bits per heavy atom. The molecule has 2 N–H and O–H groups in total. The Balaban J connectivity index is 2.01. The first kappa shape index (κ1) is 23.8. The molecule has 0 saturated carbocycles. The molecule has 3 atom stereocenters. The van der Waals surface area contributed by atoms with Crippen molar-refractivity contribution in [2.24, 2.45) is 0 Å². The summed E-state index contributed by atoms with van der Waals surface area (Å²) in [5.74, 6) is 0. The van der Waals surface area contributed by atoms with Crippen molar-refractivity contribution in [1.82, 2.24) is 0 Å². The summed E-state index contributed by atoms with van der Waals surface area (Å²) in [4.78, 5) is 0. The Morgan fingerprint density at radius 1 is 0.897 bits per heavy atom. The summed E-state index contributed by atoms with van der Waals surface area (Å²) < 4.78 is 12.2. The third kappa shape index (κ3) is 7.05. The molecule has 0 fully saturated rings. The van der Waals surface area contributed by atoms with Crippen molar-refractivity contribution >= 4 is 8.32 Å². The number of aliphatic hydroxyl groups is 2. The largest absolute Gasteiger partial charge is 0.407 e. The molecule has 0 unspecified atom stereocenters. The standard InChI is InChI=1S/C24H36O4Si/c1-24(2,3)29(4,5)28-23(20-14-10-7-11-15-20)22(26)21(25)16-17-27-18-19-12-8-6-9-13-19/h6-15,21-23,25-26H,16-18H2,1-5H3/t21-,22+,23-/m1/s1. The lowest BCUT2D eigenvalue weighted by Gasteiger charge is -2.41. The monoisotopic (exact) mass is 416 g/mol. The van der Waals surface area contributed by atoms with Crippen molar-refractivity contribution in [3.05, 3.63) is 71.8 Å². The van der Waals surface area contributed by atoms with E-state index < -0.39 is 26.6 Å². The minimum absolute atomic E-state index is 0.00347. The van der Waals surface area contributed by atoms with E-state index in [1.54, 1.807) is 0 Å². The van der Waals surface area contributed by atoms with E-state index in [-0.39, 0.29) is 5.04 Å². The van der Waals surface area contributed by atoms with Crippen LogP contribution in [-0.2, 0) is 15.8 Å². The highest BCUT2D eigenvalue weighted by Crippen LogP contribution is 2.41. The number of benzene rings is 2. The normalized spacial score (nSPS) is 15.7. The van der Waals surface area contributed by atoms with Gasteiger partial charge in [-0.2, -0.15) is 0 Å². The van der Waals surface area contributed by atoms with Crippen LogP contribution in [0, 0.1) is 0 Å². The fourth-order valence-electron chi connectivity index (χ4n) is 2.81. The Labute approximate surface area is 176 Å². The smallest absolute Gasteiger partial charge is 0.193 e. The zero-order valence-corrected chi connectivity index (χ0v) is 19.3. The molecular formula is C24H36O4Si. The SMILES string of the molecule is CC(C)(C)[Si](C)(C)O[C@H](c1ccccc1)[C@@H](O)[C@H](O)CCOCc1ccccc1. The second kappa shape index (κ2) is 10.5. The van der Waals surface area contributed by atoms with E-state index in [0.717, 1.165) is 11.1 Å². The van der Waals surface area contributed by atoms with E-state index in [4.69, 9.17) is 9.16 Å². The Bertz CT molecular complexity index is 713. The van der Waals surface area contributed by atoms with Crippen molar-refractivity contribution in [3.63, 3.8) is 0 Å². The molecule has 29 heavy (non-hydrogen) atoms. The van der Waals surface area contributed by atoms with Gasteiger partial charge in [0.25, 0.3) is 0 Å². The van der Waals surface area contributed by atoms with Gasteiger partial charge in [0.1, 0.15) is 6.10 Å². The molecule has 0 spiro atoms. The van der Waals surface area contributed by atoms with E-state index in [0.29, 0.717) is 19.6 Å². The Hall–Kier alpha value is -1.50. The molecule has 4 nitrogen and oxygen atoms in total. The number of ether oxygens (including phenoxy) is 1. The number of rotatable bonds is 10. The van der Waals surface area contributed by atoms with Crippen LogP contribution in [0.5, 0.6) is 0 Å². The molecule has 160 valence electrons. The minimum atomic E-state index is -2.14. The topological polar surface area (TPSA) is 58.9 Å². The van der Waals surface area contributed by atoms with Crippen LogP contribution < -0.4 is 0 Å². The highest BCUT2D eigenvalue weighted by Gasteiger charge is 2.42. The van der Waals surface area contributed by atoms with Crippen LogP contribution in [-0.4, -0.2) is 37.3 Å². The van der Waals surface area contributed by atoms with Gasteiger partial charge < -0.3 is 19.4 Å². The van der Waals surface area contributed by atoms with E-state index in [2.05, 4.69) is 33.9 Å². The number of hydrogen-bond donors (Lipinski definition) is 2. The van der Waals surface area contributed by atoms with Crippen LogP contribution in [0.15, 0.2) is 60.7 Å². The van der Waals surface area contributed by atoms with Crippen molar-refractivity contribution in [1.29, 1.82) is 0 Å². The highest BCUT2D eigenvalue weighted by molar-refractivity contribution is 6.74. The maximum Gasteiger partial charge on any atom is 0.193 e. The number of aliphatic hydroxyl groups excluding tert-OH is 2. The minimum Gasteiger partial charge on any atom is -0.407 e. The predicted molar refractivity (Wildman–Crippen MR) is 120 cm³/mol. The summed E-state index contributed by atoms with van der Waals surface area (Å²) in [5, 5.41) is 21.6. The van der Waals surface area contributed by atoms with Crippen molar-refractivity contribution in [2.45, 2.75) is 70.2 Å². The van der Waals surface area contributed by atoms with Gasteiger partial charge in [0.05, 0.1) is 18.8 Å². The Morgan fingerprint density at radius 2 is 1.45 bits per heavy atom. The van der Waals surface area contributed by atoms with Gasteiger partial charge in [-0.25, -0.2) is 0 Å². The lowest BCUT2D eigenvalue weighted by atomic mass is 9.99. The molecular weight excluding hydrogens is 380 g/mol. The molecule has 0 aliphatic heterocycles. The quantitative estimate of drug-likeness (QED) is 0.419. The maximum absolute atomic E-state index is 11.0. The van der Waals surface area contributed by atoms with E-state index >= 15 is 0 Å². The number of hydrogen-bond acceptors (Lipinski definition) is 4. The van der Waals surface area contributed by atoms with Gasteiger partial charge in [-0.05, 0) is 35.7 Å². The lowest BCUT2D eigenvalue weighted by Crippen LogP contribution is -2.46. The van der Waals surface area contributed by atoms with Gasteiger partial charge in [0.15, 0.2) is 8.32 Å². The summed E-state index contributed by atoms with van der Waals surface area (Å²) >= 11 is 0. The highest BCUT2D eigenvalue weighted by atomic mass is 28.4. The Kier molecular flexibility index (Phi) is 8.61. The summed E-state index contributed by atoms with van der Waals surface area (Å²) in [6.07, 6.45) is -2.17. The zero-order chi connectivity index (χ0) is 21.5. The second-order valence-electron chi connectivity index (χ2n) is 9.09. The van der Waals surface area contributed by atoms with Crippen LogP contribution in [0.25, 0.3) is 0 Å². The molecule has 0 heterocycles. The first-order chi connectivity index (χ1) is 13.6. The molecule has 0 aromatic heterocycles. The van der Waals surface area contributed by atoms with Gasteiger partial charge >= 0.3 is 0 Å². The van der Waals surface area contributed by atoms with Gasteiger partial charge in [-0.1, -0.05) is 81.4 Å². The average Bonchev–Trinajstić information content (AvgIpc) is 2.69. The fourth-order valence-corrected chi connectivity index (χ4v) is 4.08. The second-order valence-corrected chi connectivity index (χ2v) is 13.9. The predicted octanol–water partition coefficient (Wildman–Crippen LogP) is 5.08. The molecule has 2 aromatic rings. The molecule has 2 rings (SSSR count). The zero-order valence-electron chi connectivity index (χ0n) is 18.3. The van der Waals surface area contributed by atoms with Crippen molar-refractivity contribution < 1.29 is 19.4 Å². The fraction of sp³-hybridized carbons (Fsp3) is 0.500. The molecule has 5 heteroatoms. The first-order valence-corrected chi connectivity index (χ1v) is 13.2. The van der Waals surface area contributed by atoms with Crippen LogP contribution in [0.1, 0.15) is 44.4 Å². The summed E-state index contributed by atoms with van der Waals surface area (Å²) in [7, 11) is -2.14. The average molecular weight is 417 g/mol. The lowest BCUT2D eigenvalue weighted by molar-refractivity contribution is -0.0663. The van der Waals surface area contributed by atoms with Gasteiger partial charge in [-0.3, -0.25) is 0 Å². The molecule has 2 aromatic carbocycles. The first-order valence-electron chi connectivity index (χ1n) is 10.3. The molecule has 0 aliphatic carbocycles. The molecule has 0 radical (unpaired) electrons. The summed E-state index contributed by atoms with van der Waals surface area (Å²) in [5.41, 5.74) is 1.97. The van der Waals surface area contributed by atoms with E-state index in [1.165, 1.54) is 0 Å². The van der Waals surface area contributed by atoms with E-state index in [1.807, 2.05) is 60.7 Å². The van der Waals surface area contributed by atoms with Gasteiger partial charge in [-0.15, -0.1) is 0 Å². The van der Waals surface area contributed by atoms with Crippen LogP contribution in [0.4, 0.5) is 0 Å². The molecule has 0 saturated heterocycles. The van der Waals surface area contributed by atoms with Crippen LogP contribution in [0.2, 0.25) is 18.1 Å². The van der Waals surface area contributed by atoms with Crippen molar-refractivity contribution in [2.75, 3.05) is 6.61 Å². The summed E-state index contributed by atoms with van der Waals surface area (Å²) in [6, 6.07) is 19.6. The third-order valence-electron chi connectivity index (χ3n) is 5.73. The van der Waals surface area contributed by atoms with Crippen LogP contribution in [0.3, 0.4) is 0 Å². The molecule has 0 bridgehead atoms. The molecule has 0 amide bonds. The van der Waals surface area contributed by atoms with Crippen molar-refractivity contribution in [3.8, 4) is 0 Å². The van der Waals surface area contributed by atoms with Gasteiger partial charge in [0.2, 0.25) is 0 Å².